The van der Waals surface area contributed by atoms with Gasteiger partial charge < -0.3 is 15.7 Å². The average Bonchev–Trinajstić information content (AvgIpc) is 2.41. The van der Waals surface area contributed by atoms with Crippen molar-refractivity contribution in [3.05, 3.63) is 54.1 Å². The number of aromatic hydroxyl groups is 1. The molecular weight excluding hydrogens is 341 g/mol. The summed E-state index contributed by atoms with van der Waals surface area (Å²) in [6, 6.07) is 10.6. The van der Waals surface area contributed by atoms with Crippen LogP contribution in [0.4, 0.5) is 29.3 Å². The number of phenolic OH excluding ortho intramolecular Hbond substituents is 1. The first-order chi connectivity index (χ1) is 9.88. The van der Waals surface area contributed by atoms with E-state index < -0.39 is 23.5 Å². The Hall–Kier alpha value is -2.18. The molecule has 0 aliphatic rings. The van der Waals surface area contributed by atoms with Crippen LogP contribution >= 0.6 is 0 Å². The molecule has 2 amide bonds. The molecule has 0 radical (unpaired) electrons. The van der Waals surface area contributed by atoms with Crippen molar-refractivity contribution in [2.24, 2.45) is 0 Å². The summed E-state index contributed by atoms with van der Waals surface area (Å²) in [6.45, 7) is 0. The Balaban J connectivity index is 0.00000242. The molecule has 3 N–H and O–H groups in total. The molecule has 0 aliphatic carbocycles. The van der Waals surface area contributed by atoms with Crippen LogP contribution in [0.15, 0.2) is 48.5 Å². The normalized spacial score (nSPS) is 10.5. The molecule has 4 nitrogen and oxygen atoms in total. The van der Waals surface area contributed by atoms with E-state index in [2.05, 4.69) is 10.6 Å². The van der Waals surface area contributed by atoms with E-state index >= 15 is 0 Å². The summed E-state index contributed by atoms with van der Waals surface area (Å²) in [5.41, 5.74) is -1.06. The SMILES string of the molecule is O=C(Nc1ccccc1)Nc1cccc(C(F)(F)F)c1O.[Fe]. The number of amides is 2. The molecule has 0 saturated carbocycles. The second-order valence-corrected chi connectivity index (χ2v) is 4.14. The van der Waals surface area contributed by atoms with E-state index in [9.17, 15) is 23.1 Å². The van der Waals surface area contributed by atoms with Crippen molar-refractivity contribution in [1.29, 1.82) is 0 Å². The number of urea groups is 1. The van der Waals surface area contributed by atoms with Gasteiger partial charge in [-0.1, -0.05) is 24.3 Å². The van der Waals surface area contributed by atoms with Gasteiger partial charge in [0.2, 0.25) is 0 Å². The topological polar surface area (TPSA) is 61.4 Å². The average molecular weight is 352 g/mol. The first kappa shape index (κ1) is 17.9. The third-order valence-electron chi connectivity index (χ3n) is 2.62. The maximum absolute atomic E-state index is 12.6. The predicted octanol–water partition coefficient (Wildman–Crippen LogP) is 4.05. The number of carbonyl (C=O) groups is 1. The second kappa shape index (κ2) is 7.19. The number of carbonyl (C=O) groups excluding carboxylic acids is 1. The van der Waals surface area contributed by atoms with E-state index in [1.54, 1.807) is 30.3 Å². The van der Waals surface area contributed by atoms with E-state index in [0.717, 1.165) is 12.1 Å². The van der Waals surface area contributed by atoms with Gasteiger partial charge in [-0.3, -0.25) is 0 Å². The number of anilines is 2. The molecule has 0 spiro atoms. The van der Waals surface area contributed by atoms with Crippen molar-refractivity contribution in [2.45, 2.75) is 6.18 Å². The van der Waals surface area contributed by atoms with Crippen molar-refractivity contribution < 1.29 is 40.1 Å². The van der Waals surface area contributed by atoms with Crippen molar-refractivity contribution in [3.8, 4) is 5.75 Å². The van der Waals surface area contributed by atoms with E-state index in [0.29, 0.717) is 5.69 Å². The van der Waals surface area contributed by atoms with Crippen molar-refractivity contribution in [1.82, 2.24) is 0 Å². The minimum absolute atomic E-state index is 0. The number of hydrogen-bond acceptors (Lipinski definition) is 2. The fourth-order valence-corrected chi connectivity index (χ4v) is 1.68. The molecule has 0 atom stereocenters. The molecule has 118 valence electrons. The number of alkyl halides is 3. The Kier molecular flexibility index (Phi) is 5.84. The number of para-hydroxylation sites is 2. The van der Waals surface area contributed by atoms with E-state index in [-0.39, 0.29) is 22.8 Å². The van der Waals surface area contributed by atoms with Gasteiger partial charge in [-0.2, -0.15) is 13.2 Å². The summed E-state index contributed by atoms with van der Waals surface area (Å²) in [7, 11) is 0. The smallest absolute Gasteiger partial charge is 0.420 e. The Morgan fingerprint density at radius 1 is 0.955 bits per heavy atom. The van der Waals surface area contributed by atoms with Crippen LogP contribution in [0, 0.1) is 0 Å². The van der Waals surface area contributed by atoms with Gasteiger partial charge in [0.25, 0.3) is 0 Å². The number of phenols is 1. The summed E-state index contributed by atoms with van der Waals surface area (Å²) in [5, 5.41) is 14.2. The van der Waals surface area contributed by atoms with Gasteiger partial charge in [0, 0.05) is 22.8 Å². The predicted molar refractivity (Wildman–Crippen MR) is 72.2 cm³/mol. The number of hydrogen-bond donors (Lipinski definition) is 3. The van der Waals surface area contributed by atoms with Crippen LogP contribution in [-0.4, -0.2) is 11.1 Å². The zero-order valence-corrected chi connectivity index (χ0v) is 12.1. The molecule has 0 fully saturated rings. The summed E-state index contributed by atoms with van der Waals surface area (Å²) in [6.07, 6.45) is -4.70. The number of benzene rings is 2. The quantitative estimate of drug-likeness (QED) is 0.564. The van der Waals surface area contributed by atoms with Crippen LogP contribution in [0.2, 0.25) is 0 Å². The molecule has 2 rings (SSSR count). The second-order valence-electron chi connectivity index (χ2n) is 4.14. The number of rotatable bonds is 2. The zero-order valence-electron chi connectivity index (χ0n) is 11.0. The molecule has 0 aromatic heterocycles. The first-order valence-corrected chi connectivity index (χ1v) is 5.90. The van der Waals surface area contributed by atoms with E-state index in [1.165, 1.54) is 6.07 Å². The molecule has 0 saturated heterocycles. The standard InChI is InChI=1S/C14H11F3N2O2.Fe/c15-14(16,17)10-7-4-8-11(12(10)20)19-13(21)18-9-5-2-1-3-6-9;/h1-8,20H,(H2,18,19,21);. The van der Waals surface area contributed by atoms with Crippen molar-refractivity contribution >= 4 is 17.4 Å². The van der Waals surface area contributed by atoms with Crippen LogP contribution in [0.25, 0.3) is 0 Å². The van der Waals surface area contributed by atoms with Crippen LogP contribution < -0.4 is 10.6 Å². The monoisotopic (exact) mass is 352 g/mol. The van der Waals surface area contributed by atoms with E-state index in [1.807, 2.05) is 0 Å². The van der Waals surface area contributed by atoms with Crippen molar-refractivity contribution in [2.75, 3.05) is 10.6 Å². The molecule has 2 aromatic rings. The fraction of sp³-hybridized carbons (Fsp3) is 0.0714. The largest absolute Gasteiger partial charge is 0.505 e. The number of nitrogens with one attached hydrogen (secondary N) is 2. The van der Waals surface area contributed by atoms with Gasteiger partial charge in [0.1, 0.15) is 0 Å². The van der Waals surface area contributed by atoms with Crippen molar-refractivity contribution in [3.63, 3.8) is 0 Å². The van der Waals surface area contributed by atoms with Crippen LogP contribution in [0.3, 0.4) is 0 Å². The fourth-order valence-electron chi connectivity index (χ4n) is 1.68. The summed E-state index contributed by atoms with van der Waals surface area (Å²) < 4.78 is 37.9. The molecule has 0 heterocycles. The molecular formula is C14H11F3FeN2O2. The minimum atomic E-state index is -4.70. The maximum Gasteiger partial charge on any atom is 0.420 e. The molecule has 2 aromatic carbocycles. The number of halogens is 3. The third-order valence-corrected chi connectivity index (χ3v) is 2.62. The first-order valence-electron chi connectivity index (χ1n) is 5.90. The van der Waals surface area contributed by atoms with Gasteiger partial charge in [0.15, 0.2) is 5.75 Å². The van der Waals surface area contributed by atoms with Gasteiger partial charge >= 0.3 is 12.2 Å². The molecule has 22 heavy (non-hydrogen) atoms. The van der Waals surface area contributed by atoms with Crippen LogP contribution in [0.5, 0.6) is 5.75 Å². The van der Waals surface area contributed by atoms with E-state index in [4.69, 9.17) is 0 Å². The molecule has 0 aliphatic heterocycles. The molecule has 8 heteroatoms. The van der Waals surface area contributed by atoms with Gasteiger partial charge in [0.05, 0.1) is 11.3 Å². The Morgan fingerprint density at radius 3 is 2.18 bits per heavy atom. The Morgan fingerprint density at radius 2 is 1.59 bits per heavy atom. The summed E-state index contributed by atoms with van der Waals surface area (Å²) >= 11 is 0. The van der Waals surface area contributed by atoms with Crippen LogP contribution in [0.1, 0.15) is 5.56 Å². The summed E-state index contributed by atoms with van der Waals surface area (Å²) in [4.78, 5) is 11.7. The zero-order chi connectivity index (χ0) is 15.5. The third kappa shape index (κ3) is 4.41. The summed E-state index contributed by atoms with van der Waals surface area (Å²) in [5.74, 6) is -1.02. The van der Waals surface area contributed by atoms with Crippen LogP contribution in [-0.2, 0) is 23.2 Å². The minimum Gasteiger partial charge on any atom is -0.505 e. The van der Waals surface area contributed by atoms with Gasteiger partial charge in [-0.15, -0.1) is 0 Å². The molecule has 0 unspecified atom stereocenters. The maximum atomic E-state index is 12.6. The molecule has 0 bridgehead atoms. The Labute approximate surface area is 134 Å². The Bertz CT molecular complexity index is 648. The van der Waals surface area contributed by atoms with Gasteiger partial charge in [-0.25, -0.2) is 4.79 Å². The van der Waals surface area contributed by atoms with Gasteiger partial charge in [-0.05, 0) is 24.3 Å².